The van der Waals surface area contributed by atoms with Crippen LogP contribution in [0.1, 0.15) is 0 Å². The topological polar surface area (TPSA) is 35.5 Å². The van der Waals surface area contributed by atoms with Crippen LogP contribution in [-0.4, -0.2) is 28.6 Å². The Kier molecular flexibility index (Phi) is 5.37. The average molecular weight is 195 g/mol. The van der Waals surface area contributed by atoms with E-state index in [1.54, 1.807) is 6.08 Å². The zero-order chi connectivity index (χ0) is 7.11. The number of hydrogen-bond donors (Lipinski definition) is 0. The van der Waals surface area contributed by atoms with Crippen LogP contribution in [0.25, 0.3) is 0 Å². The Hall–Kier alpha value is -0.471. The van der Waals surface area contributed by atoms with Crippen LogP contribution >= 0.6 is 0 Å². The molecule has 0 aromatic carbocycles. The molecule has 4 heteroatoms. The fourth-order valence-electron chi connectivity index (χ4n) is 0.164. The molecule has 3 nitrogen and oxygen atoms in total. The van der Waals surface area contributed by atoms with Crippen LogP contribution in [0.5, 0.6) is 0 Å². The molecule has 0 spiro atoms. The van der Waals surface area contributed by atoms with Crippen molar-refractivity contribution in [1.82, 2.24) is 0 Å². The van der Waals surface area contributed by atoms with Crippen molar-refractivity contribution in [3.8, 4) is 0 Å². The normalized spacial score (nSPS) is 8.11. The summed E-state index contributed by atoms with van der Waals surface area (Å²) in [5, 5.41) is 0.724. The van der Waals surface area contributed by atoms with E-state index in [-0.39, 0.29) is 15.3 Å². The van der Waals surface area contributed by atoms with Crippen LogP contribution in [0.2, 0.25) is 5.32 Å². The molecular formula is C5H8O3Se. The number of rotatable bonds is 3. The SMILES string of the molecule is C=CC[Se]OC(=O)OC. The minimum atomic E-state index is -0.614. The van der Waals surface area contributed by atoms with E-state index in [9.17, 15) is 4.79 Å². The van der Waals surface area contributed by atoms with E-state index in [1.807, 2.05) is 0 Å². The van der Waals surface area contributed by atoms with Gasteiger partial charge in [0, 0.05) is 0 Å². The summed E-state index contributed by atoms with van der Waals surface area (Å²) in [6, 6.07) is 0. The van der Waals surface area contributed by atoms with Crippen molar-refractivity contribution in [2.75, 3.05) is 7.11 Å². The van der Waals surface area contributed by atoms with E-state index in [2.05, 4.69) is 15.1 Å². The summed E-state index contributed by atoms with van der Waals surface area (Å²) in [4.78, 5) is 10.2. The van der Waals surface area contributed by atoms with Gasteiger partial charge in [-0.2, -0.15) is 0 Å². The predicted molar refractivity (Wildman–Crippen MR) is 34.2 cm³/mol. The average Bonchev–Trinajstić information content (AvgIpc) is 1.89. The molecule has 0 aromatic heterocycles. The molecule has 52 valence electrons. The van der Waals surface area contributed by atoms with Crippen molar-refractivity contribution < 1.29 is 13.4 Å². The fourth-order valence-corrected chi connectivity index (χ4v) is 0.854. The van der Waals surface area contributed by atoms with Gasteiger partial charge in [0.25, 0.3) is 0 Å². The van der Waals surface area contributed by atoms with Crippen LogP contribution < -0.4 is 0 Å². The number of methoxy groups -OCH3 is 1. The second-order valence-corrected chi connectivity index (χ2v) is 2.65. The summed E-state index contributed by atoms with van der Waals surface area (Å²) >= 11 is -0.144. The van der Waals surface area contributed by atoms with Crippen LogP contribution in [-0.2, 0) is 8.56 Å². The summed E-state index contributed by atoms with van der Waals surface area (Å²) < 4.78 is 8.78. The van der Waals surface area contributed by atoms with E-state index >= 15 is 0 Å². The summed E-state index contributed by atoms with van der Waals surface area (Å²) in [6.07, 6.45) is 1.08. The summed E-state index contributed by atoms with van der Waals surface area (Å²) in [5.41, 5.74) is 0. The Morgan fingerprint density at radius 3 is 3.00 bits per heavy atom. The van der Waals surface area contributed by atoms with Crippen molar-refractivity contribution >= 4 is 21.4 Å². The molecule has 0 aromatic rings. The molecule has 0 amide bonds. The van der Waals surface area contributed by atoms with Gasteiger partial charge in [-0.15, -0.1) is 0 Å². The second kappa shape index (κ2) is 5.66. The first kappa shape index (κ1) is 8.53. The van der Waals surface area contributed by atoms with Gasteiger partial charge in [0.1, 0.15) is 0 Å². The van der Waals surface area contributed by atoms with Crippen molar-refractivity contribution in [2.24, 2.45) is 0 Å². The maximum atomic E-state index is 10.2. The molecule has 0 aliphatic heterocycles. The van der Waals surface area contributed by atoms with Crippen LogP contribution in [0.15, 0.2) is 12.7 Å². The van der Waals surface area contributed by atoms with Crippen LogP contribution in [0, 0.1) is 0 Å². The van der Waals surface area contributed by atoms with E-state index in [0.717, 1.165) is 5.32 Å². The molecule has 0 bridgehead atoms. The molecule has 0 rings (SSSR count). The predicted octanol–water partition coefficient (Wildman–Crippen LogP) is 0.993. The van der Waals surface area contributed by atoms with Gasteiger partial charge in [-0.3, -0.25) is 0 Å². The first-order valence-corrected chi connectivity index (χ1v) is 4.20. The third-order valence-electron chi connectivity index (χ3n) is 0.480. The monoisotopic (exact) mass is 196 g/mol. The van der Waals surface area contributed by atoms with Crippen LogP contribution in [0.3, 0.4) is 0 Å². The number of hydrogen-bond acceptors (Lipinski definition) is 3. The van der Waals surface area contributed by atoms with E-state index in [0.29, 0.717) is 0 Å². The maximum absolute atomic E-state index is 10.2. The second-order valence-electron chi connectivity index (χ2n) is 1.11. The molecule has 0 aliphatic carbocycles. The van der Waals surface area contributed by atoms with Gasteiger partial charge in [-0.1, -0.05) is 0 Å². The molecule has 0 N–H and O–H groups in total. The summed E-state index contributed by atoms with van der Waals surface area (Å²) in [5.74, 6) is 0. The third kappa shape index (κ3) is 5.40. The van der Waals surface area contributed by atoms with Gasteiger partial charge in [-0.05, 0) is 0 Å². The molecule has 0 aliphatic rings. The molecular weight excluding hydrogens is 187 g/mol. The Labute approximate surface area is 60.5 Å². The number of carbonyl (C=O) groups excluding carboxylic acids is 1. The molecule has 0 unspecified atom stereocenters. The Morgan fingerprint density at radius 2 is 2.56 bits per heavy atom. The van der Waals surface area contributed by atoms with E-state index in [4.69, 9.17) is 0 Å². The van der Waals surface area contributed by atoms with Gasteiger partial charge in [-0.25, -0.2) is 0 Å². The Morgan fingerprint density at radius 1 is 1.89 bits per heavy atom. The molecule has 9 heavy (non-hydrogen) atoms. The zero-order valence-corrected chi connectivity index (χ0v) is 6.84. The molecule has 0 saturated heterocycles. The van der Waals surface area contributed by atoms with Crippen molar-refractivity contribution in [3.05, 3.63) is 12.7 Å². The number of carbonyl (C=O) groups is 1. The third-order valence-corrected chi connectivity index (χ3v) is 1.79. The van der Waals surface area contributed by atoms with E-state index < -0.39 is 6.16 Å². The first-order chi connectivity index (χ1) is 4.31. The van der Waals surface area contributed by atoms with Gasteiger partial charge in [0.05, 0.1) is 0 Å². The Balaban J connectivity index is 3.06. The fraction of sp³-hybridized carbons (Fsp3) is 0.400. The molecule has 0 heterocycles. The molecule has 0 atom stereocenters. The van der Waals surface area contributed by atoms with Crippen LogP contribution in [0.4, 0.5) is 4.79 Å². The minimum absolute atomic E-state index is 0.144. The summed E-state index contributed by atoms with van der Waals surface area (Å²) in [7, 11) is 1.28. The Bertz CT molecular complexity index is 102. The molecule has 0 fully saturated rings. The van der Waals surface area contributed by atoms with Gasteiger partial charge < -0.3 is 0 Å². The zero-order valence-electron chi connectivity index (χ0n) is 5.12. The molecule has 0 radical (unpaired) electrons. The van der Waals surface area contributed by atoms with Crippen molar-refractivity contribution in [3.63, 3.8) is 0 Å². The molecule has 0 saturated carbocycles. The van der Waals surface area contributed by atoms with E-state index in [1.165, 1.54) is 7.11 Å². The standard InChI is InChI=1S/C5H8O3Se/c1-3-4-9-8-5(6)7-2/h3H,1,4H2,2H3. The summed E-state index contributed by atoms with van der Waals surface area (Å²) in [6.45, 7) is 3.47. The van der Waals surface area contributed by atoms with Gasteiger partial charge in [0.15, 0.2) is 0 Å². The first-order valence-electron chi connectivity index (χ1n) is 2.29. The van der Waals surface area contributed by atoms with Gasteiger partial charge >= 0.3 is 59.9 Å². The quantitative estimate of drug-likeness (QED) is 0.291. The van der Waals surface area contributed by atoms with Crippen molar-refractivity contribution in [1.29, 1.82) is 0 Å². The van der Waals surface area contributed by atoms with Crippen molar-refractivity contribution in [2.45, 2.75) is 5.32 Å². The number of allylic oxidation sites excluding steroid dienone is 1. The van der Waals surface area contributed by atoms with Gasteiger partial charge in [0.2, 0.25) is 0 Å². The number of ether oxygens (including phenoxy) is 1.